The lowest BCUT2D eigenvalue weighted by Crippen LogP contribution is -2.16. The highest BCUT2D eigenvalue weighted by Crippen LogP contribution is 2.54. The summed E-state index contributed by atoms with van der Waals surface area (Å²) in [6.07, 6.45) is 6.36. The summed E-state index contributed by atoms with van der Waals surface area (Å²) in [5.41, 5.74) is 14.4. The second-order valence-corrected chi connectivity index (χ2v) is 18.2. The predicted molar refractivity (Wildman–Crippen MR) is 248 cm³/mol. The van der Waals surface area contributed by atoms with Crippen molar-refractivity contribution in [2.24, 2.45) is 0 Å². The molecule has 0 unspecified atom stereocenters. The van der Waals surface area contributed by atoms with E-state index in [1.807, 2.05) is 11.3 Å². The Kier molecular flexibility index (Phi) is 7.56. The molecule has 2 aliphatic carbocycles. The van der Waals surface area contributed by atoms with Crippen LogP contribution in [0.5, 0.6) is 0 Å². The van der Waals surface area contributed by atoms with E-state index in [1.54, 1.807) is 0 Å². The highest BCUT2D eigenvalue weighted by Gasteiger charge is 2.36. The summed E-state index contributed by atoms with van der Waals surface area (Å²) < 4.78 is 9.73. The van der Waals surface area contributed by atoms with Gasteiger partial charge in [0.15, 0.2) is 5.58 Å². The Hall–Kier alpha value is -6.16. The van der Waals surface area contributed by atoms with Crippen molar-refractivity contribution in [3.63, 3.8) is 0 Å². The van der Waals surface area contributed by atoms with Crippen LogP contribution in [0.3, 0.4) is 0 Å². The van der Waals surface area contributed by atoms with E-state index in [2.05, 4.69) is 176 Å². The van der Waals surface area contributed by atoms with Crippen LogP contribution >= 0.6 is 11.3 Å². The molecule has 0 N–H and O–H groups in total. The molecule has 0 saturated heterocycles. The molecule has 280 valence electrons. The van der Waals surface area contributed by atoms with Crippen LogP contribution in [0.4, 0.5) is 17.1 Å². The standard InChI is InChI=1S/C55H43NOS/c1-55(2)46-21-11-8-18-40(46)45-33-38(25-28-47(45)55)56(48-29-27-39(34-14-4-3-5-15-34)53-43-20-9-12-22-50(43)57-54(48)53)49-31-36-17-7-6-16-35(36)30-44(49)37-24-26-42-41-19-10-13-23-51(41)58-52(42)32-37/h6-13,16-34H,3-5,14-15H2,1-2H3. The first kappa shape index (κ1) is 33.9. The smallest absolute Gasteiger partial charge is 0.159 e. The van der Waals surface area contributed by atoms with Gasteiger partial charge >= 0.3 is 0 Å². The van der Waals surface area contributed by atoms with Crippen LogP contribution in [0.25, 0.3) is 75.1 Å². The number of hydrogen-bond donors (Lipinski definition) is 0. The molecule has 12 rings (SSSR count). The average molecular weight is 766 g/mol. The fourth-order valence-corrected chi connectivity index (χ4v) is 11.7. The predicted octanol–water partition coefficient (Wildman–Crippen LogP) is 16.6. The van der Waals surface area contributed by atoms with Crippen molar-refractivity contribution in [2.75, 3.05) is 4.90 Å². The van der Waals surface area contributed by atoms with Crippen LogP contribution < -0.4 is 4.90 Å². The number of furan rings is 1. The van der Waals surface area contributed by atoms with Gasteiger partial charge in [0.25, 0.3) is 0 Å². The van der Waals surface area contributed by atoms with Crippen LogP contribution in [0.1, 0.15) is 68.6 Å². The minimum absolute atomic E-state index is 0.0866. The first-order valence-electron chi connectivity index (χ1n) is 20.9. The van der Waals surface area contributed by atoms with Crippen molar-refractivity contribution in [3.8, 4) is 22.3 Å². The number of benzene rings is 8. The van der Waals surface area contributed by atoms with Crippen molar-refractivity contribution >= 4 is 81.3 Å². The second-order valence-electron chi connectivity index (χ2n) is 17.1. The molecule has 10 aromatic rings. The Morgan fingerprint density at radius 3 is 2.16 bits per heavy atom. The number of fused-ring (bicyclic) bond motifs is 10. The molecule has 3 heteroatoms. The van der Waals surface area contributed by atoms with Gasteiger partial charge in [0.05, 0.1) is 11.4 Å². The van der Waals surface area contributed by atoms with Gasteiger partial charge in [-0.25, -0.2) is 0 Å². The molecule has 0 aliphatic heterocycles. The molecule has 0 radical (unpaired) electrons. The monoisotopic (exact) mass is 765 g/mol. The highest BCUT2D eigenvalue weighted by molar-refractivity contribution is 7.25. The molecule has 2 aliphatic rings. The van der Waals surface area contributed by atoms with Crippen LogP contribution in [0.2, 0.25) is 0 Å². The van der Waals surface area contributed by atoms with Gasteiger partial charge in [-0.2, -0.15) is 0 Å². The lowest BCUT2D eigenvalue weighted by Gasteiger charge is -2.30. The molecule has 2 nitrogen and oxygen atoms in total. The lowest BCUT2D eigenvalue weighted by molar-refractivity contribution is 0.445. The fourth-order valence-electron chi connectivity index (χ4n) is 10.6. The fraction of sp³-hybridized carbons (Fsp3) is 0.164. The third-order valence-electron chi connectivity index (χ3n) is 13.4. The minimum atomic E-state index is -0.0866. The Labute approximate surface area is 343 Å². The van der Waals surface area contributed by atoms with E-state index in [0.29, 0.717) is 5.92 Å². The largest absolute Gasteiger partial charge is 0.454 e. The Morgan fingerprint density at radius 2 is 1.28 bits per heavy atom. The third kappa shape index (κ3) is 5.09. The molecular formula is C55H43NOS. The molecule has 8 aromatic carbocycles. The van der Waals surface area contributed by atoms with Crippen molar-refractivity contribution in [1.82, 2.24) is 0 Å². The molecule has 0 bridgehead atoms. The zero-order chi connectivity index (χ0) is 38.5. The number of hydrogen-bond acceptors (Lipinski definition) is 3. The minimum Gasteiger partial charge on any atom is -0.454 e. The number of nitrogens with zero attached hydrogens (tertiary/aromatic N) is 1. The summed E-state index contributed by atoms with van der Waals surface area (Å²) in [6, 6.07) is 59.1. The normalized spacial score (nSPS) is 15.1. The lowest BCUT2D eigenvalue weighted by atomic mass is 9.82. The third-order valence-corrected chi connectivity index (χ3v) is 14.6. The molecule has 0 amide bonds. The van der Waals surface area contributed by atoms with Gasteiger partial charge in [0, 0.05) is 47.6 Å². The van der Waals surface area contributed by atoms with Crippen molar-refractivity contribution < 1.29 is 4.42 Å². The van der Waals surface area contributed by atoms with E-state index in [-0.39, 0.29) is 5.41 Å². The summed E-state index contributed by atoms with van der Waals surface area (Å²) in [5.74, 6) is 0.530. The maximum atomic E-state index is 7.11. The van der Waals surface area contributed by atoms with E-state index in [1.165, 1.54) is 113 Å². The molecular weight excluding hydrogens is 723 g/mol. The number of anilines is 3. The van der Waals surface area contributed by atoms with Gasteiger partial charge in [-0.1, -0.05) is 142 Å². The van der Waals surface area contributed by atoms with Crippen molar-refractivity contribution in [3.05, 3.63) is 174 Å². The van der Waals surface area contributed by atoms with Crippen LogP contribution in [-0.2, 0) is 5.41 Å². The number of para-hydroxylation sites is 1. The second kappa shape index (κ2) is 12.9. The molecule has 1 saturated carbocycles. The average Bonchev–Trinajstić information content (AvgIpc) is 3.92. The molecule has 0 atom stereocenters. The van der Waals surface area contributed by atoms with Crippen LogP contribution in [0.15, 0.2) is 162 Å². The Morgan fingerprint density at radius 1 is 0.552 bits per heavy atom. The maximum absolute atomic E-state index is 7.11. The first-order valence-corrected chi connectivity index (χ1v) is 21.8. The van der Waals surface area contributed by atoms with Gasteiger partial charge in [-0.3, -0.25) is 0 Å². The molecule has 2 aromatic heterocycles. The summed E-state index contributed by atoms with van der Waals surface area (Å²) in [5, 5.41) is 7.54. The van der Waals surface area contributed by atoms with Crippen molar-refractivity contribution in [1.29, 1.82) is 0 Å². The van der Waals surface area contributed by atoms with Gasteiger partial charge in [-0.05, 0) is 111 Å². The zero-order valence-electron chi connectivity index (χ0n) is 32.9. The Balaban J connectivity index is 1.17. The molecule has 0 spiro atoms. The molecule has 2 heterocycles. The van der Waals surface area contributed by atoms with E-state index >= 15 is 0 Å². The van der Waals surface area contributed by atoms with Crippen molar-refractivity contribution in [2.45, 2.75) is 57.3 Å². The zero-order valence-corrected chi connectivity index (χ0v) is 33.7. The number of thiophene rings is 1. The van der Waals surface area contributed by atoms with Crippen LogP contribution in [0, 0.1) is 0 Å². The van der Waals surface area contributed by atoms with E-state index in [4.69, 9.17) is 4.42 Å². The van der Waals surface area contributed by atoms with E-state index in [9.17, 15) is 0 Å². The van der Waals surface area contributed by atoms with Gasteiger partial charge in [-0.15, -0.1) is 11.3 Å². The number of rotatable bonds is 5. The molecule has 1 fully saturated rings. The summed E-state index contributed by atoms with van der Waals surface area (Å²) in [4.78, 5) is 2.51. The van der Waals surface area contributed by atoms with Gasteiger partial charge in [0.1, 0.15) is 5.58 Å². The SMILES string of the molecule is CC1(C)c2ccccc2-c2cc(N(c3cc4ccccc4cc3-c3ccc4c(c3)sc3ccccc34)c3ccc(C4CCCCC4)c4c3oc3ccccc34)ccc21. The Bertz CT molecular complexity index is 3260. The summed E-state index contributed by atoms with van der Waals surface area (Å²) in [7, 11) is 0. The van der Waals surface area contributed by atoms with Gasteiger partial charge in [0.2, 0.25) is 0 Å². The topological polar surface area (TPSA) is 16.4 Å². The van der Waals surface area contributed by atoms with Gasteiger partial charge < -0.3 is 9.32 Å². The van der Waals surface area contributed by atoms with E-state index in [0.717, 1.165) is 28.2 Å². The summed E-state index contributed by atoms with van der Waals surface area (Å²) in [6.45, 7) is 4.73. The highest BCUT2D eigenvalue weighted by atomic mass is 32.1. The quantitative estimate of drug-likeness (QED) is 0.173. The molecule has 58 heavy (non-hydrogen) atoms. The summed E-state index contributed by atoms with van der Waals surface area (Å²) >= 11 is 1.88. The van der Waals surface area contributed by atoms with Crippen LogP contribution in [-0.4, -0.2) is 0 Å². The van der Waals surface area contributed by atoms with E-state index < -0.39 is 0 Å². The maximum Gasteiger partial charge on any atom is 0.159 e. The first-order chi connectivity index (χ1) is 28.5.